The van der Waals surface area contributed by atoms with Crippen LogP contribution in [0.15, 0.2) is 42.6 Å². The van der Waals surface area contributed by atoms with Crippen LogP contribution < -0.4 is 5.32 Å². The van der Waals surface area contributed by atoms with Gasteiger partial charge in [0.2, 0.25) is 0 Å². The van der Waals surface area contributed by atoms with Gasteiger partial charge in [-0.05, 0) is 42.5 Å². The molecule has 4 rings (SSSR count). The summed E-state index contributed by atoms with van der Waals surface area (Å²) in [6, 6.07) is 12.0. The predicted molar refractivity (Wildman–Crippen MR) is 96.7 cm³/mol. The third-order valence-corrected chi connectivity index (χ3v) is 4.74. The smallest absolute Gasteiger partial charge is 0.340 e. The summed E-state index contributed by atoms with van der Waals surface area (Å²) >= 11 is 0. The van der Waals surface area contributed by atoms with Gasteiger partial charge in [-0.25, -0.2) is 9.78 Å². The van der Waals surface area contributed by atoms with E-state index in [0.717, 1.165) is 30.6 Å². The fraction of sp³-hybridized carbons (Fsp3) is 0.350. The number of hydrogen-bond acceptors (Lipinski definition) is 5. The Hall–Kier alpha value is -2.89. The van der Waals surface area contributed by atoms with Crippen LogP contribution in [0.3, 0.4) is 0 Å². The highest BCUT2D eigenvalue weighted by atomic mass is 16.5. The number of carbonyl (C=O) groups excluding carboxylic acids is 2. The average Bonchev–Trinajstić information content (AvgIpc) is 3.50. The number of esters is 1. The highest BCUT2D eigenvalue weighted by Gasteiger charge is 2.23. The number of aromatic nitrogens is 1. The molecule has 26 heavy (non-hydrogen) atoms. The Morgan fingerprint density at radius 2 is 1.96 bits per heavy atom. The van der Waals surface area contributed by atoms with Crippen molar-refractivity contribution in [3.63, 3.8) is 0 Å². The monoisotopic (exact) mass is 351 g/mol. The first-order valence-electron chi connectivity index (χ1n) is 8.93. The van der Waals surface area contributed by atoms with Gasteiger partial charge in [0.1, 0.15) is 5.82 Å². The highest BCUT2D eigenvalue weighted by molar-refractivity contribution is 5.91. The number of carbonyl (C=O) groups is 2. The van der Waals surface area contributed by atoms with Crippen molar-refractivity contribution in [3.8, 4) is 0 Å². The number of nitrogens with one attached hydrogen (secondary N) is 1. The fourth-order valence-corrected chi connectivity index (χ4v) is 3.05. The molecule has 6 heteroatoms. The Morgan fingerprint density at radius 3 is 2.69 bits per heavy atom. The lowest BCUT2D eigenvalue weighted by Gasteiger charge is -2.28. The van der Waals surface area contributed by atoms with E-state index in [2.05, 4.69) is 16.4 Å². The number of nitrogens with zero attached hydrogens (tertiary/aromatic N) is 2. The average molecular weight is 351 g/mol. The molecule has 0 bridgehead atoms. The molecule has 134 valence electrons. The molecule has 0 saturated heterocycles. The third kappa shape index (κ3) is 3.85. The Morgan fingerprint density at radius 1 is 1.15 bits per heavy atom. The molecule has 2 aliphatic rings. The Kier molecular flexibility index (Phi) is 4.56. The molecule has 1 N–H and O–H groups in total. The molecular weight excluding hydrogens is 330 g/mol. The van der Waals surface area contributed by atoms with E-state index in [0.29, 0.717) is 24.7 Å². The maximum atomic E-state index is 12.3. The summed E-state index contributed by atoms with van der Waals surface area (Å²) in [5.41, 5.74) is 2.78. The van der Waals surface area contributed by atoms with Crippen LogP contribution in [-0.4, -0.2) is 41.0 Å². The number of fused-ring (bicyclic) bond motifs is 1. The molecule has 0 radical (unpaired) electrons. The van der Waals surface area contributed by atoms with Crippen molar-refractivity contribution in [3.05, 3.63) is 59.3 Å². The molecule has 1 aliphatic carbocycles. The van der Waals surface area contributed by atoms with Crippen LogP contribution in [0.2, 0.25) is 0 Å². The molecule has 0 unspecified atom stereocenters. The van der Waals surface area contributed by atoms with Crippen molar-refractivity contribution in [2.24, 2.45) is 0 Å². The molecule has 0 atom stereocenters. The summed E-state index contributed by atoms with van der Waals surface area (Å²) < 4.78 is 5.17. The topological polar surface area (TPSA) is 71.5 Å². The number of hydrogen-bond donors (Lipinski definition) is 1. The molecule has 2 heterocycles. The summed E-state index contributed by atoms with van der Waals surface area (Å²) in [4.78, 5) is 30.4. The Bertz CT molecular complexity index is 815. The van der Waals surface area contributed by atoms with Crippen LogP contribution in [-0.2, 0) is 22.5 Å². The number of ether oxygens (including phenoxy) is 1. The highest BCUT2D eigenvalue weighted by Crippen LogP contribution is 2.23. The SMILES string of the molecule is O=C(OCC(=O)N1CCc2ccccc2C1)c1ccc(NC2CC2)nc1. The van der Waals surface area contributed by atoms with E-state index < -0.39 is 5.97 Å². The van der Waals surface area contributed by atoms with E-state index in [4.69, 9.17) is 4.74 Å². The van der Waals surface area contributed by atoms with Crippen LogP contribution in [0, 0.1) is 0 Å². The van der Waals surface area contributed by atoms with Crippen LogP contribution in [0.5, 0.6) is 0 Å². The quantitative estimate of drug-likeness (QED) is 0.838. The normalized spacial score (nSPS) is 15.9. The van der Waals surface area contributed by atoms with E-state index in [1.807, 2.05) is 18.2 Å². The minimum atomic E-state index is -0.527. The number of pyridine rings is 1. The number of benzene rings is 1. The zero-order valence-electron chi connectivity index (χ0n) is 14.5. The van der Waals surface area contributed by atoms with Crippen LogP contribution in [0.1, 0.15) is 34.3 Å². The number of rotatable bonds is 5. The second-order valence-electron chi connectivity index (χ2n) is 6.76. The molecule has 6 nitrogen and oxygen atoms in total. The molecule has 1 aromatic heterocycles. The van der Waals surface area contributed by atoms with Gasteiger partial charge in [-0.3, -0.25) is 4.79 Å². The van der Waals surface area contributed by atoms with E-state index >= 15 is 0 Å². The van der Waals surface area contributed by atoms with E-state index in [1.54, 1.807) is 17.0 Å². The van der Waals surface area contributed by atoms with Crippen molar-refractivity contribution in [1.82, 2.24) is 9.88 Å². The summed E-state index contributed by atoms with van der Waals surface area (Å²) in [6.07, 6.45) is 4.63. The van der Waals surface area contributed by atoms with E-state index in [-0.39, 0.29) is 12.5 Å². The molecule has 1 aliphatic heterocycles. The first-order chi connectivity index (χ1) is 12.7. The number of amides is 1. The van der Waals surface area contributed by atoms with Gasteiger partial charge >= 0.3 is 5.97 Å². The molecule has 1 fully saturated rings. The standard InChI is InChI=1S/C20H21N3O3/c24-19(23-10-9-14-3-1-2-4-16(14)12-23)13-26-20(25)15-5-8-18(21-11-15)22-17-6-7-17/h1-5,8,11,17H,6-7,9-10,12-13H2,(H,21,22). The van der Waals surface area contributed by atoms with Gasteiger partial charge in [0, 0.05) is 25.3 Å². The van der Waals surface area contributed by atoms with Crippen LogP contribution in [0.4, 0.5) is 5.82 Å². The lowest BCUT2D eigenvalue weighted by atomic mass is 10.00. The fourth-order valence-electron chi connectivity index (χ4n) is 3.05. The van der Waals surface area contributed by atoms with Crippen molar-refractivity contribution >= 4 is 17.7 Å². The Labute approximate surface area is 152 Å². The molecule has 1 amide bonds. The van der Waals surface area contributed by atoms with Gasteiger partial charge in [0.05, 0.1) is 5.56 Å². The lowest BCUT2D eigenvalue weighted by molar-refractivity contribution is -0.135. The van der Waals surface area contributed by atoms with Gasteiger partial charge in [0.15, 0.2) is 6.61 Å². The van der Waals surface area contributed by atoms with E-state index in [1.165, 1.54) is 11.8 Å². The van der Waals surface area contributed by atoms with Gasteiger partial charge in [-0.15, -0.1) is 0 Å². The summed E-state index contributed by atoms with van der Waals surface area (Å²) in [5, 5.41) is 3.26. The van der Waals surface area contributed by atoms with E-state index in [9.17, 15) is 9.59 Å². The third-order valence-electron chi connectivity index (χ3n) is 4.74. The molecule has 2 aromatic rings. The maximum Gasteiger partial charge on any atom is 0.340 e. The maximum absolute atomic E-state index is 12.3. The Balaban J connectivity index is 1.29. The molecule has 1 aromatic carbocycles. The molecular formula is C20H21N3O3. The largest absolute Gasteiger partial charge is 0.452 e. The predicted octanol–water partition coefficient (Wildman–Crippen LogP) is 2.40. The second kappa shape index (κ2) is 7.15. The van der Waals surface area contributed by atoms with Gasteiger partial charge in [-0.1, -0.05) is 24.3 Å². The zero-order chi connectivity index (χ0) is 17.9. The van der Waals surface area contributed by atoms with Gasteiger partial charge < -0.3 is 15.0 Å². The first kappa shape index (κ1) is 16.6. The van der Waals surface area contributed by atoms with Gasteiger partial charge in [0.25, 0.3) is 5.91 Å². The summed E-state index contributed by atoms with van der Waals surface area (Å²) in [6.45, 7) is 0.967. The van der Waals surface area contributed by atoms with Crippen LogP contribution in [0.25, 0.3) is 0 Å². The summed E-state index contributed by atoms with van der Waals surface area (Å²) in [7, 11) is 0. The molecule has 1 saturated carbocycles. The van der Waals surface area contributed by atoms with Crippen molar-refractivity contribution < 1.29 is 14.3 Å². The second-order valence-corrected chi connectivity index (χ2v) is 6.76. The zero-order valence-corrected chi connectivity index (χ0v) is 14.5. The van der Waals surface area contributed by atoms with Crippen molar-refractivity contribution in [2.75, 3.05) is 18.5 Å². The molecule has 0 spiro atoms. The van der Waals surface area contributed by atoms with Crippen LogP contribution >= 0.6 is 0 Å². The number of anilines is 1. The van der Waals surface area contributed by atoms with Gasteiger partial charge in [-0.2, -0.15) is 0 Å². The van der Waals surface area contributed by atoms with Crippen molar-refractivity contribution in [2.45, 2.75) is 31.8 Å². The first-order valence-corrected chi connectivity index (χ1v) is 8.93. The summed E-state index contributed by atoms with van der Waals surface area (Å²) in [5.74, 6) is 0.0566. The minimum absolute atomic E-state index is 0.173. The van der Waals surface area contributed by atoms with Crippen molar-refractivity contribution in [1.29, 1.82) is 0 Å². The minimum Gasteiger partial charge on any atom is -0.452 e. The lowest BCUT2D eigenvalue weighted by Crippen LogP contribution is -2.38.